The summed E-state index contributed by atoms with van der Waals surface area (Å²) in [5.74, 6) is -2.42. The van der Waals surface area contributed by atoms with Gasteiger partial charge in [-0.2, -0.15) is 0 Å². The average molecular weight is 319 g/mol. The van der Waals surface area contributed by atoms with Gasteiger partial charge in [-0.25, -0.2) is 12.7 Å². The van der Waals surface area contributed by atoms with Gasteiger partial charge < -0.3 is 9.84 Å². The first-order chi connectivity index (χ1) is 9.87. The Morgan fingerprint density at radius 2 is 1.76 bits per heavy atom. The van der Waals surface area contributed by atoms with Gasteiger partial charge in [-0.3, -0.25) is 9.59 Å². The molecule has 0 amide bonds. The van der Waals surface area contributed by atoms with Gasteiger partial charge in [0.1, 0.15) is 0 Å². The largest absolute Gasteiger partial charge is 0.481 e. The molecule has 7 nitrogen and oxygen atoms in total. The van der Waals surface area contributed by atoms with Crippen molar-refractivity contribution in [1.82, 2.24) is 4.31 Å². The molecular formula is C13H21NO6S. The third kappa shape index (κ3) is 3.21. The number of carboxylic acids is 1. The Morgan fingerprint density at radius 1 is 1.14 bits per heavy atom. The van der Waals surface area contributed by atoms with E-state index in [-0.39, 0.29) is 13.1 Å². The van der Waals surface area contributed by atoms with E-state index in [1.54, 1.807) is 0 Å². The minimum absolute atomic E-state index is 0.212. The molecule has 1 saturated heterocycles. The third-order valence-corrected chi connectivity index (χ3v) is 6.92. The summed E-state index contributed by atoms with van der Waals surface area (Å²) < 4.78 is 31.4. The summed E-state index contributed by atoms with van der Waals surface area (Å²) in [7, 11) is -2.31. The maximum atomic E-state index is 12.7. The standard InChI is InChI=1S/C13H21NO6S/c1-20-13(17)10-3-2-4-11(10)21(18,19)14-7-5-9(6-8-14)12(15)16/h9-11H,2-8H2,1H3,(H,15,16). The molecular weight excluding hydrogens is 298 g/mol. The van der Waals surface area contributed by atoms with E-state index in [0.717, 1.165) is 0 Å². The Bertz CT molecular complexity index is 509. The predicted octanol–water partition coefficient (Wildman–Crippen LogP) is 0.454. The van der Waals surface area contributed by atoms with Crippen LogP contribution < -0.4 is 0 Å². The summed E-state index contributed by atoms with van der Waals surface area (Å²) >= 11 is 0. The molecule has 120 valence electrons. The number of hydrogen-bond donors (Lipinski definition) is 1. The number of piperidine rings is 1. The van der Waals surface area contributed by atoms with E-state index in [2.05, 4.69) is 0 Å². The predicted molar refractivity (Wildman–Crippen MR) is 74.0 cm³/mol. The first kappa shape index (κ1) is 16.2. The van der Waals surface area contributed by atoms with Gasteiger partial charge in [0.25, 0.3) is 0 Å². The number of esters is 1. The van der Waals surface area contributed by atoms with E-state index in [0.29, 0.717) is 32.1 Å². The molecule has 0 bridgehead atoms. The van der Waals surface area contributed by atoms with Crippen molar-refractivity contribution in [1.29, 1.82) is 0 Å². The molecule has 2 fully saturated rings. The van der Waals surface area contributed by atoms with Crippen LogP contribution in [0.1, 0.15) is 32.1 Å². The van der Waals surface area contributed by atoms with Crippen molar-refractivity contribution in [3.8, 4) is 0 Å². The van der Waals surface area contributed by atoms with E-state index in [1.807, 2.05) is 0 Å². The Kier molecular flexibility index (Phi) is 4.88. The van der Waals surface area contributed by atoms with Crippen LogP contribution >= 0.6 is 0 Å². The van der Waals surface area contributed by atoms with Crippen LogP contribution in [0.15, 0.2) is 0 Å². The fraction of sp³-hybridized carbons (Fsp3) is 0.846. The summed E-state index contributed by atoms with van der Waals surface area (Å²) in [6.07, 6.45) is 2.33. The van der Waals surface area contributed by atoms with Crippen molar-refractivity contribution in [3.05, 3.63) is 0 Å². The monoisotopic (exact) mass is 319 g/mol. The van der Waals surface area contributed by atoms with Crippen LogP contribution in [0.3, 0.4) is 0 Å². The Labute approximate surface area is 124 Å². The summed E-state index contributed by atoms with van der Waals surface area (Å²) in [5.41, 5.74) is 0. The smallest absolute Gasteiger partial charge is 0.310 e. The molecule has 0 aromatic rings. The van der Waals surface area contributed by atoms with Crippen molar-refractivity contribution in [3.63, 3.8) is 0 Å². The first-order valence-corrected chi connectivity index (χ1v) is 8.68. The van der Waals surface area contributed by atoms with Crippen LogP contribution in [0.25, 0.3) is 0 Å². The summed E-state index contributed by atoms with van der Waals surface area (Å²) in [4.78, 5) is 22.6. The minimum Gasteiger partial charge on any atom is -0.481 e. The number of rotatable bonds is 4. The summed E-state index contributed by atoms with van der Waals surface area (Å²) in [5, 5.41) is 8.23. The maximum absolute atomic E-state index is 12.7. The van der Waals surface area contributed by atoms with Gasteiger partial charge in [-0.05, 0) is 25.7 Å². The van der Waals surface area contributed by atoms with E-state index < -0.39 is 39.0 Å². The lowest BCUT2D eigenvalue weighted by Crippen LogP contribution is -2.46. The van der Waals surface area contributed by atoms with Crippen LogP contribution in [-0.4, -0.2) is 55.2 Å². The quantitative estimate of drug-likeness (QED) is 0.755. The fourth-order valence-electron chi connectivity index (χ4n) is 3.25. The van der Waals surface area contributed by atoms with Gasteiger partial charge in [-0.15, -0.1) is 0 Å². The zero-order valence-corrected chi connectivity index (χ0v) is 12.8. The number of sulfonamides is 1. The molecule has 1 heterocycles. The Balaban J connectivity index is 2.08. The molecule has 0 spiro atoms. The van der Waals surface area contributed by atoms with Gasteiger partial charge in [0.05, 0.1) is 24.2 Å². The number of carboxylic acid groups (broad SMARTS) is 1. The van der Waals surface area contributed by atoms with Crippen molar-refractivity contribution in [2.24, 2.45) is 11.8 Å². The molecule has 1 aliphatic heterocycles. The highest BCUT2D eigenvalue weighted by atomic mass is 32.2. The number of methoxy groups -OCH3 is 1. The SMILES string of the molecule is COC(=O)C1CCCC1S(=O)(=O)N1CCC(C(=O)O)CC1. The van der Waals surface area contributed by atoms with Gasteiger partial charge in [0, 0.05) is 13.1 Å². The lowest BCUT2D eigenvalue weighted by Gasteiger charge is -2.32. The number of ether oxygens (including phenoxy) is 1. The zero-order valence-electron chi connectivity index (χ0n) is 12.0. The lowest BCUT2D eigenvalue weighted by molar-refractivity contribution is -0.145. The molecule has 21 heavy (non-hydrogen) atoms. The normalized spacial score (nSPS) is 28.4. The maximum Gasteiger partial charge on any atom is 0.310 e. The third-order valence-electron chi connectivity index (χ3n) is 4.50. The molecule has 2 aliphatic rings. The summed E-state index contributed by atoms with van der Waals surface area (Å²) in [6.45, 7) is 0.424. The topological polar surface area (TPSA) is 101 Å². The average Bonchev–Trinajstić information content (AvgIpc) is 2.96. The molecule has 2 unspecified atom stereocenters. The molecule has 2 rings (SSSR count). The van der Waals surface area contributed by atoms with Gasteiger partial charge in [-0.1, -0.05) is 6.42 Å². The van der Waals surface area contributed by atoms with E-state index >= 15 is 0 Å². The van der Waals surface area contributed by atoms with E-state index in [9.17, 15) is 18.0 Å². The second kappa shape index (κ2) is 6.31. The number of carbonyl (C=O) groups excluding carboxylic acids is 1. The van der Waals surface area contributed by atoms with Crippen molar-refractivity contribution >= 4 is 22.0 Å². The van der Waals surface area contributed by atoms with Gasteiger partial charge >= 0.3 is 11.9 Å². The zero-order chi connectivity index (χ0) is 15.6. The van der Waals surface area contributed by atoms with Gasteiger partial charge in [0.15, 0.2) is 0 Å². The van der Waals surface area contributed by atoms with Crippen LogP contribution in [0.2, 0.25) is 0 Å². The van der Waals surface area contributed by atoms with Crippen molar-refractivity contribution in [2.45, 2.75) is 37.4 Å². The highest BCUT2D eigenvalue weighted by Crippen LogP contribution is 2.35. The summed E-state index contributed by atoms with van der Waals surface area (Å²) in [6, 6.07) is 0. The first-order valence-electron chi connectivity index (χ1n) is 7.17. The Morgan fingerprint density at radius 3 is 2.29 bits per heavy atom. The van der Waals surface area contributed by atoms with Crippen molar-refractivity contribution < 1.29 is 27.9 Å². The fourth-order valence-corrected chi connectivity index (χ4v) is 5.48. The highest BCUT2D eigenvalue weighted by molar-refractivity contribution is 7.89. The molecule has 1 aliphatic carbocycles. The lowest BCUT2D eigenvalue weighted by atomic mass is 9.99. The molecule has 2 atom stereocenters. The van der Waals surface area contributed by atoms with Crippen LogP contribution in [0, 0.1) is 11.8 Å². The second-order valence-corrected chi connectivity index (χ2v) is 7.81. The van der Waals surface area contributed by atoms with Crippen LogP contribution in [-0.2, 0) is 24.3 Å². The van der Waals surface area contributed by atoms with Crippen LogP contribution in [0.4, 0.5) is 0 Å². The molecule has 1 N–H and O–H groups in total. The van der Waals surface area contributed by atoms with Gasteiger partial charge in [0.2, 0.25) is 10.0 Å². The molecule has 0 aromatic heterocycles. The Hall–Kier alpha value is -1.15. The molecule has 8 heteroatoms. The highest BCUT2D eigenvalue weighted by Gasteiger charge is 2.45. The number of hydrogen-bond acceptors (Lipinski definition) is 5. The molecule has 0 radical (unpaired) electrons. The molecule has 0 aromatic carbocycles. The number of nitrogens with zero attached hydrogens (tertiary/aromatic N) is 1. The van der Waals surface area contributed by atoms with E-state index in [4.69, 9.17) is 9.84 Å². The van der Waals surface area contributed by atoms with Crippen molar-refractivity contribution in [2.75, 3.05) is 20.2 Å². The minimum atomic E-state index is -3.58. The number of aliphatic carboxylic acids is 1. The number of carbonyl (C=O) groups is 2. The van der Waals surface area contributed by atoms with Crippen LogP contribution in [0.5, 0.6) is 0 Å². The molecule has 1 saturated carbocycles. The van der Waals surface area contributed by atoms with E-state index in [1.165, 1.54) is 11.4 Å². The second-order valence-electron chi connectivity index (χ2n) is 5.66.